The van der Waals surface area contributed by atoms with E-state index < -0.39 is 6.29 Å². The molecule has 5 nitrogen and oxygen atoms in total. The molecule has 0 aromatic carbocycles. The molecule has 0 N–H and O–H groups in total. The SMILES string of the molecule is CCOC(OCC)/C(C)=N/O[C@H]1CCOC1. The van der Waals surface area contributed by atoms with Gasteiger partial charge in [-0.15, -0.1) is 0 Å². The molecule has 0 aromatic heterocycles. The molecule has 94 valence electrons. The molecule has 1 rings (SSSR count). The summed E-state index contributed by atoms with van der Waals surface area (Å²) < 4.78 is 16.0. The molecule has 0 radical (unpaired) electrons. The summed E-state index contributed by atoms with van der Waals surface area (Å²) in [6, 6.07) is 0. The number of hydrogen-bond donors (Lipinski definition) is 0. The molecule has 1 saturated heterocycles. The standard InChI is InChI=1S/C11H21NO4/c1-4-14-11(15-5-2)9(3)12-16-10-6-7-13-8-10/h10-11H,4-8H2,1-3H3/b12-9+/t10-/m0/s1. The van der Waals surface area contributed by atoms with Gasteiger partial charge >= 0.3 is 0 Å². The zero-order valence-corrected chi connectivity index (χ0v) is 10.3. The molecule has 16 heavy (non-hydrogen) atoms. The highest BCUT2D eigenvalue weighted by atomic mass is 16.7. The first-order valence-corrected chi connectivity index (χ1v) is 5.79. The molecule has 1 atom stereocenters. The van der Waals surface area contributed by atoms with Gasteiger partial charge in [-0.05, 0) is 20.8 Å². The zero-order chi connectivity index (χ0) is 11.8. The molecule has 0 saturated carbocycles. The van der Waals surface area contributed by atoms with E-state index in [0.29, 0.717) is 25.5 Å². The molecule has 0 spiro atoms. The van der Waals surface area contributed by atoms with Gasteiger partial charge in [-0.1, -0.05) is 5.16 Å². The van der Waals surface area contributed by atoms with Crippen molar-refractivity contribution in [3.05, 3.63) is 0 Å². The highest BCUT2D eigenvalue weighted by Gasteiger charge is 2.18. The zero-order valence-electron chi connectivity index (χ0n) is 10.3. The van der Waals surface area contributed by atoms with Crippen LogP contribution in [0.1, 0.15) is 27.2 Å². The Morgan fingerprint density at radius 1 is 1.38 bits per heavy atom. The van der Waals surface area contributed by atoms with Crippen molar-refractivity contribution in [3.8, 4) is 0 Å². The average Bonchev–Trinajstić information content (AvgIpc) is 2.78. The first-order chi connectivity index (χ1) is 7.77. The summed E-state index contributed by atoms with van der Waals surface area (Å²) in [5.74, 6) is 0. The maximum Gasteiger partial charge on any atom is 0.200 e. The Morgan fingerprint density at radius 2 is 2.06 bits per heavy atom. The predicted octanol–water partition coefficient (Wildman–Crippen LogP) is 1.57. The van der Waals surface area contributed by atoms with Gasteiger partial charge in [0.1, 0.15) is 5.71 Å². The second-order valence-electron chi connectivity index (χ2n) is 3.57. The van der Waals surface area contributed by atoms with Crippen LogP contribution in [-0.4, -0.2) is 44.5 Å². The highest BCUT2D eigenvalue weighted by Crippen LogP contribution is 2.09. The molecule has 1 heterocycles. The molecule has 0 aliphatic carbocycles. The van der Waals surface area contributed by atoms with Crippen LogP contribution in [0.3, 0.4) is 0 Å². The van der Waals surface area contributed by atoms with Gasteiger partial charge in [0, 0.05) is 19.6 Å². The summed E-state index contributed by atoms with van der Waals surface area (Å²) >= 11 is 0. The van der Waals surface area contributed by atoms with Gasteiger partial charge in [-0.25, -0.2) is 0 Å². The molecular weight excluding hydrogens is 210 g/mol. The van der Waals surface area contributed by atoms with Crippen molar-refractivity contribution in [2.75, 3.05) is 26.4 Å². The topological polar surface area (TPSA) is 49.3 Å². The van der Waals surface area contributed by atoms with Gasteiger partial charge in [0.15, 0.2) is 12.4 Å². The fourth-order valence-corrected chi connectivity index (χ4v) is 1.39. The fraction of sp³-hybridized carbons (Fsp3) is 0.909. The van der Waals surface area contributed by atoms with Crippen LogP contribution in [0.4, 0.5) is 0 Å². The van der Waals surface area contributed by atoms with Crippen LogP contribution in [-0.2, 0) is 19.0 Å². The molecule has 1 fully saturated rings. The second kappa shape index (κ2) is 7.60. The molecule has 1 aliphatic heterocycles. The Labute approximate surface area is 96.7 Å². The Kier molecular flexibility index (Phi) is 6.37. The molecule has 5 heteroatoms. The van der Waals surface area contributed by atoms with Crippen LogP contribution in [0, 0.1) is 0 Å². The molecule has 0 aromatic rings. The van der Waals surface area contributed by atoms with Crippen LogP contribution in [0.2, 0.25) is 0 Å². The van der Waals surface area contributed by atoms with E-state index >= 15 is 0 Å². The van der Waals surface area contributed by atoms with Gasteiger partial charge in [0.2, 0.25) is 0 Å². The number of rotatable bonds is 7. The van der Waals surface area contributed by atoms with Crippen molar-refractivity contribution in [1.82, 2.24) is 0 Å². The molecular formula is C11H21NO4. The summed E-state index contributed by atoms with van der Waals surface area (Å²) in [5.41, 5.74) is 0.704. The summed E-state index contributed by atoms with van der Waals surface area (Å²) in [5, 5.41) is 4.03. The summed E-state index contributed by atoms with van der Waals surface area (Å²) in [7, 11) is 0. The number of ether oxygens (including phenoxy) is 3. The van der Waals surface area contributed by atoms with E-state index in [9.17, 15) is 0 Å². The normalized spacial score (nSPS) is 21.8. The first kappa shape index (κ1) is 13.4. The van der Waals surface area contributed by atoms with Crippen molar-refractivity contribution in [3.63, 3.8) is 0 Å². The van der Waals surface area contributed by atoms with E-state index in [2.05, 4.69) is 5.16 Å². The van der Waals surface area contributed by atoms with E-state index in [1.54, 1.807) is 0 Å². The van der Waals surface area contributed by atoms with E-state index in [4.69, 9.17) is 19.0 Å². The number of nitrogens with zero attached hydrogens (tertiary/aromatic N) is 1. The minimum Gasteiger partial charge on any atom is -0.390 e. The van der Waals surface area contributed by atoms with Crippen LogP contribution in [0.15, 0.2) is 5.16 Å². The van der Waals surface area contributed by atoms with Crippen molar-refractivity contribution in [2.24, 2.45) is 5.16 Å². The maximum absolute atomic E-state index is 5.40. The lowest BCUT2D eigenvalue weighted by atomic mass is 10.3. The Bertz CT molecular complexity index is 208. The van der Waals surface area contributed by atoms with Gasteiger partial charge in [0.05, 0.1) is 13.2 Å². The van der Waals surface area contributed by atoms with Gasteiger partial charge in [-0.3, -0.25) is 0 Å². The summed E-state index contributed by atoms with van der Waals surface area (Å²) in [6.45, 7) is 8.22. The number of oxime groups is 1. The maximum atomic E-state index is 5.40. The molecule has 0 bridgehead atoms. The molecule has 1 aliphatic rings. The van der Waals surface area contributed by atoms with Crippen molar-refractivity contribution >= 4 is 5.71 Å². The van der Waals surface area contributed by atoms with E-state index in [1.165, 1.54) is 0 Å². The number of hydrogen-bond acceptors (Lipinski definition) is 5. The first-order valence-electron chi connectivity index (χ1n) is 5.79. The Morgan fingerprint density at radius 3 is 2.56 bits per heavy atom. The van der Waals surface area contributed by atoms with E-state index in [0.717, 1.165) is 13.0 Å². The van der Waals surface area contributed by atoms with Crippen molar-refractivity contribution < 1.29 is 19.0 Å². The van der Waals surface area contributed by atoms with Crippen LogP contribution >= 0.6 is 0 Å². The highest BCUT2D eigenvalue weighted by molar-refractivity contribution is 5.84. The lowest BCUT2D eigenvalue weighted by Gasteiger charge is -2.16. The minimum absolute atomic E-state index is 0.0684. The van der Waals surface area contributed by atoms with Crippen LogP contribution in [0.5, 0.6) is 0 Å². The predicted molar refractivity (Wildman–Crippen MR) is 60.5 cm³/mol. The molecule has 0 amide bonds. The van der Waals surface area contributed by atoms with Gasteiger partial charge < -0.3 is 19.0 Å². The van der Waals surface area contributed by atoms with Crippen LogP contribution < -0.4 is 0 Å². The van der Waals surface area contributed by atoms with E-state index in [-0.39, 0.29) is 6.10 Å². The largest absolute Gasteiger partial charge is 0.390 e. The third kappa shape index (κ3) is 4.47. The summed E-state index contributed by atoms with van der Waals surface area (Å²) in [6.07, 6.45) is 0.557. The smallest absolute Gasteiger partial charge is 0.200 e. The van der Waals surface area contributed by atoms with Gasteiger partial charge in [-0.2, -0.15) is 0 Å². The quantitative estimate of drug-likeness (QED) is 0.379. The second-order valence-corrected chi connectivity index (χ2v) is 3.57. The Hall–Kier alpha value is -0.650. The van der Waals surface area contributed by atoms with Crippen molar-refractivity contribution in [1.29, 1.82) is 0 Å². The van der Waals surface area contributed by atoms with E-state index in [1.807, 2.05) is 20.8 Å². The third-order valence-corrected chi connectivity index (χ3v) is 2.21. The third-order valence-electron chi connectivity index (χ3n) is 2.21. The monoisotopic (exact) mass is 231 g/mol. The van der Waals surface area contributed by atoms with Crippen LogP contribution in [0.25, 0.3) is 0 Å². The van der Waals surface area contributed by atoms with Gasteiger partial charge in [0.25, 0.3) is 0 Å². The average molecular weight is 231 g/mol. The lowest BCUT2D eigenvalue weighted by Crippen LogP contribution is -2.26. The minimum atomic E-state index is -0.405. The fourth-order valence-electron chi connectivity index (χ4n) is 1.39. The lowest BCUT2D eigenvalue weighted by molar-refractivity contribution is -0.0930. The molecule has 0 unspecified atom stereocenters. The Balaban J connectivity index is 2.37. The summed E-state index contributed by atoms with van der Waals surface area (Å²) in [4.78, 5) is 5.34. The van der Waals surface area contributed by atoms with Crippen molar-refractivity contribution in [2.45, 2.75) is 39.6 Å².